The summed E-state index contributed by atoms with van der Waals surface area (Å²) in [4.78, 5) is 11.3. The fourth-order valence-corrected chi connectivity index (χ4v) is 1.70. The molecule has 16 heavy (non-hydrogen) atoms. The molecule has 0 radical (unpaired) electrons. The van der Waals surface area contributed by atoms with Crippen molar-refractivity contribution in [3.63, 3.8) is 0 Å². The summed E-state index contributed by atoms with van der Waals surface area (Å²) in [5, 5.41) is 8.09. The van der Waals surface area contributed by atoms with Crippen LogP contribution in [0.2, 0.25) is 0 Å². The number of rotatable bonds is 3. The molecule has 0 spiro atoms. The molecule has 2 aromatic rings. The SMILES string of the molecule is Cn1cc2ccc(NC(=O)CCCl)cc2n1. The van der Waals surface area contributed by atoms with E-state index in [1.54, 1.807) is 4.68 Å². The van der Waals surface area contributed by atoms with Gasteiger partial charge in [0, 0.05) is 36.6 Å². The minimum Gasteiger partial charge on any atom is -0.326 e. The van der Waals surface area contributed by atoms with E-state index in [9.17, 15) is 4.79 Å². The van der Waals surface area contributed by atoms with Crippen molar-refractivity contribution in [3.8, 4) is 0 Å². The number of hydrogen-bond donors (Lipinski definition) is 1. The monoisotopic (exact) mass is 237 g/mol. The van der Waals surface area contributed by atoms with E-state index in [1.807, 2.05) is 31.4 Å². The number of amides is 1. The second-order valence-corrected chi connectivity index (χ2v) is 3.94. The van der Waals surface area contributed by atoms with Gasteiger partial charge in [0.2, 0.25) is 5.91 Å². The van der Waals surface area contributed by atoms with Crippen LogP contribution in [-0.4, -0.2) is 21.6 Å². The lowest BCUT2D eigenvalue weighted by molar-refractivity contribution is -0.115. The minimum atomic E-state index is -0.0784. The van der Waals surface area contributed by atoms with Crippen molar-refractivity contribution in [1.82, 2.24) is 9.78 Å². The van der Waals surface area contributed by atoms with Crippen molar-refractivity contribution < 1.29 is 4.79 Å². The highest BCUT2D eigenvalue weighted by atomic mass is 35.5. The van der Waals surface area contributed by atoms with E-state index in [2.05, 4.69) is 10.4 Å². The molecule has 0 saturated carbocycles. The highest BCUT2D eigenvalue weighted by Gasteiger charge is 2.03. The van der Waals surface area contributed by atoms with Crippen LogP contribution in [0.25, 0.3) is 10.9 Å². The van der Waals surface area contributed by atoms with Gasteiger partial charge in [-0.3, -0.25) is 9.48 Å². The number of benzene rings is 1. The first-order valence-corrected chi connectivity index (χ1v) is 5.52. The molecular weight excluding hydrogens is 226 g/mol. The molecule has 2 rings (SSSR count). The van der Waals surface area contributed by atoms with E-state index in [4.69, 9.17) is 11.6 Å². The van der Waals surface area contributed by atoms with Crippen LogP contribution in [-0.2, 0) is 11.8 Å². The second kappa shape index (κ2) is 4.53. The van der Waals surface area contributed by atoms with Gasteiger partial charge in [0.15, 0.2) is 0 Å². The maximum Gasteiger partial charge on any atom is 0.225 e. The Kier molecular flexibility index (Phi) is 3.10. The first-order chi connectivity index (χ1) is 7.69. The molecule has 0 aliphatic heterocycles. The van der Waals surface area contributed by atoms with Crippen LogP contribution in [0.4, 0.5) is 5.69 Å². The van der Waals surface area contributed by atoms with Crippen molar-refractivity contribution in [2.75, 3.05) is 11.2 Å². The molecule has 1 amide bonds. The highest BCUT2D eigenvalue weighted by Crippen LogP contribution is 2.17. The number of carbonyl (C=O) groups is 1. The van der Waals surface area contributed by atoms with Crippen LogP contribution in [0.3, 0.4) is 0 Å². The summed E-state index contributed by atoms with van der Waals surface area (Å²) in [6.07, 6.45) is 2.25. The molecular formula is C11H12ClN3O. The number of aryl methyl sites for hydroxylation is 1. The molecule has 1 aromatic heterocycles. The van der Waals surface area contributed by atoms with E-state index < -0.39 is 0 Å². The first kappa shape index (κ1) is 11.0. The molecule has 1 N–H and O–H groups in total. The van der Waals surface area contributed by atoms with Gasteiger partial charge in [0.05, 0.1) is 5.52 Å². The third-order valence-electron chi connectivity index (χ3n) is 2.23. The highest BCUT2D eigenvalue weighted by molar-refractivity contribution is 6.19. The van der Waals surface area contributed by atoms with Crippen molar-refractivity contribution in [3.05, 3.63) is 24.4 Å². The van der Waals surface area contributed by atoms with Gasteiger partial charge in [-0.05, 0) is 18.2 Å². The van der Waals surface area contributed by atoms with E-state index in [0.717, 1.165) is 16.6 Å². The zero-order valence-electron chi connectivity index (χ0n) is 8.90. The summed E-state index contributed by atoms with van der Waals surface area (Å²) in [6.45, 7) is 0. The molecule has 0 fully saturated rings. The predicted molar refractivity (Wildman–Crippen MR) is 64.7 cm³/mol. The normalized spacial score (nSPS) is 10.6. The Balaban J connectivity index is 2.22. The Hall–Kier alpha value is -1.55. The molecule has 0 saturated heterocycles. The molecule has 1 aromatic carbocycles. The average Bonchev–Trinajstić information content (AvgIpc) is 2.57. The summed E-state index contributed by atoms with van der Waals surface area (Å²) in [6, 6.07) is 5.64. The number of carbonyl (C=O) groups excluding carboxylic acids is 1. The number of anilines is 1. The molecule has 4 nitrogen and oxygen atoms in total. The van der Waals surface area contributed by atoms with E-state index in [0.29, 0.717) is 12.3 Å². The van der Waals surface area contributed by atoms with Crippen LogP contribution in [0.5, 0.6) is 0 Å². The second-order valence-electron chi connectivity index (χ2n) is 3.56. The smallest absolute Gasteiger partial charge is 0.225 e. The number of halogens is 1. The minimum absolute atomic E-state index is 0.0784. The van der Waals surface area contributed by atoms with Gasteiger partial charge in [0.25, 0.3) is 0 Å². The molecule has 0 bridgehead atoms. The van der Waals surface area contributed by atoms with E-state index >= 15 is 0 Å². The van der Waals surface area contributed by atoms with Gasteiger partial charge in [-0.2, -0.15) is 5.10 Å². The molecule has 0 aliphatic carbocycles. The molecule has 0 unspecified atom stereocenters. The number of alkyl halides is 1. The first-order valence-electron chi connectivity index (χ1n) is 4.98. The van der Waals surface area contributed by atoms with Crippen molar-refractivity contribution >= 4 is 34.1 Å². The maximum absolute atomic E-state index is 11.3. The molecule has 84 valence electrons. The number of nitrogens with one attached hydrogen (secondary N) is 1. The Morgan fingerprint density at radius 2 is 2.38 bits per heavy atom. The Morgan fingerprint density at radius 3 is 3.12 bits per heavy atom. The van der Waals surface area contributed by atoms with Crippen LogP contribution in [0.15, 0.2) is 24.4 Å². The van der Waals surface area contributed by atoms with E-state index in [-0.39, 0.29) is 5.91 Å². The summed E-state index contributed by atoms with van der Waals surface area (Å²) in [5.74, 6) is 0.253. The largest absolute Gasteiger partial charge is 0.326 e. The van der Waals surface area contributed by atoms with Gasteiger partial charge in [-0.1, -0.05) is 0 Å². The molecule has 5 heteroatoms. The number of aromatic nitrogens is 2. The fraction of sp³-hybridized carbons (Fsp3) is 0.273. The fourth-order valence-electron chi connectivity index (χ4n) is 1.53. The Labute approximate surface area is 98.2 Å². The van der Waals surface area contributed by atoms with Crippen molar-refractivity contribution in [2.45, 2.75) is 6.42 Å². The zero-order chi connectivity index (χ0) is 11.5. The zero-order valence-corrected chi connectivity index (χ0v) is 9.66. The maximum atomic E-state index is 11.3. The number of nitrogens with zero attached hydrogens (tertiary/aromatic N) is 2. The van der Waals surface area contributed by atoms with Crippen LogP contribution < -0.4 is 5.32 Å². The topological polar surface area (TPSA) is 46.9 Å². The number of hydrogen-bond acceptors (Lipinski definition) is 2. The third-order valence-corrected chi connectivity index (χ3v) is 2.42. The Bertz CT molecular complexity index is 521. The average molecular weight is 238 g/mol. The molecule has 0 atom stereocenters. The van der Waals surface area contributed by atoms with Crippen LogP contribution >= 0.6 is 11.6 Å². The lowest BCUT2D eigenvalue weighted by Gasteiger charge is -2.02. The predicted octanol–water partition coefficient (Wildman–Crippen LogP) is 2.14. The van der Waals surface area contributed by atoms with Crippen molar-refractivity contribution in [1.29, 1.82) is 0 Å². The number of fused-ring (bicyclic) bond motifs is 1. The quantitative estimate of drug-likeness (QED) is 0.832. The third kappa shape index (κ3) is 2.33. The van der Waals surface area contributed by atoms with Crippen LogP contribution in [0, 0.1) is 0 Å². The summed E-state index contributed by atoms with van der Waals surface area (Å²) >= 11 is 5.48. The van der Waals surface area contributed by atoms with Gasteiger partial charge < -0.3 is 5.32 Å². The van der Waals surface area contributed by atoms with Gasteiger partial charge in [-0.25, -0.2) is 0 Å². The Morgan fingerprint density at radius 1 is 1.56 bits per heavy atom. The van der Waals surface area contributed by atoms with Crippen molar-refractivity contribution in [2.24, 2.45) is 7.05 Å². The lowest BCUT2D eigenvalue weighted by Crippen LogP contribution is -2.11. The lowest BCUT2D eigenvalue weighted by atomic mass is 10.2. The van der Waals surface area contributed by atoms with E-state index in [1.165, 1.54) is 0 Å². The van der Waals surface area contributed by atoms with Gasteiger partial charge in [-0.15, -0.1) is 11.6 Å². The van der Waals surface area contributed by atoms with Gasteiger partial charge in [0.1, 0.15) is 0 Å². The summed E-state index contributed by atoms with van der Waals surface area (Å²) in [5.41, 5.74) is 1.62. The molecule has 0 aliphatic rings. The summed E-state index contributed by atoms with van der Waals surface area (Å²) < 4.78 is 1.75. The van der Waals surface area contributed by atoms with Gasteiger partial charge >= 0.3 is 0 Å². The van der Waals surface area contributed by atoms with Crippen LogP contribution in [0.1, 0.15) is 6.42 Å². The molecule has 1 heterocycles. The standard InChI is InChI=1S/C11H12ClN3O/c1-15-7-8-2-3-9(6-10(8)14-15)13-11(16)4-5-12/h2-3,6-7H,4-5H2,1H3,(H,13,16). The summed E-state index contributed by atoms with van der Waals surface area (Å²) in [7, 11) is 1.87.